The van der Waals surface area contributed by atoms with Gasteiger partial charge in [-0.15, -0.1) is 0 Å². The number of benzene rings is 2. The first-order valence-electron chi connectivity index (χ1n) is 11.2. The molecule has 2 aromatic heterocycles. The average molecular weight is 485 g/mol. The molecule has 35 heavy (non-hydrogen) atoms. The van der Waals surface area contributed by atoms with Crippen molar-refractivity contribution in [3.8, 4) is 11.4 Å². The zero-order chi connectivity index (χ0) is 24.7. The minimum Gasteiger partial charge on any atom is -0.508 e. The molecule has 0 amide bonds. The first kappa shape index (κ1) is 22.6. The van der Waals surface area contributed by atoms with Crippen molar-refractivity contribution in [2.75, 3.05) is 4.90 Å². The van der Waals surface area contributed by atoms with E-state index in [0.29, 0.717) is 10.8 Å². The van der Waals surface area contributed by atoms with Crippen molar-refractivity contribution >= 4 is 29.0 Å². The Kier molecular flexibility index (Phi) is 5.74. The summed E-state index contributed by atoms with van der Waals surface area (Å²) in [6, 6.07) is 21.3. The van der Waals surface area contributed by atoms with Crippen LogP contribution in [0.4, 0.5) is 5.69 Å². The number of hydrogen-bond acceptors (Lipinski definition) is 4. The number of carboxylic acid groups (broad SMARTS) is 1. The number of phenols is 1. The number of nitrogens with zero attached hydrogens (tertiary/aromatic N) is 3. The zero-order valence-corrected chi connectivity index (χ0v) is 20.0. The molecule has 3 heterocycles. The monoisotopic (exact) mass is 484 g/mol. The summed E-state index contributed by atoms with van der Waals surface area (Å²) in [5, 5.41) is 23.6. The smallest absolute Gasteiger partial charge is 0.337 e. The molecule has 0 aliphatic carbocycles. The summed E-state index contributed by atoms with van der Waals surface area (Å²) in [5.41, 5.74) is 5.35. The number of nitrogens with one attached hydrogen (secondary N) is 1. The third-order valence-electron chi connectivity index (χ3n) is 6.39. The van der Waals surface area contributed by atoms with Gasteiger partial charge in [-0.2, -0.15) is 0 Å². The number of pyridine rings is 1. The van der Waals surface area contributed by atoms with Gasteiger partial charge in [0.15, 0.2) is 5.11 Å². The predicted octanol–water partition coefficient (Wildman–Crippen LogP) is 5.07. The molecule has 1 saturated heterocycles. The Bertz CT molecular complexity index is 1420. The molecule has 3 N–H and O–H groups in total. The van der Waals surface area contributed by atoms with Gasteiger partial charge in [0.1, 0.15) is 5.75 Å². The quantitative estimate of drug-likeness (QED) is 0.341. The van der Waals surface area contributed by atoms with Gasteiger partial charge in [-0.3, -0.25) is 4.98 Å². The number of phenolic OH excluding ortho intramolecular Hbond substituents is 1. The van der Waals surface area contributed by atoms with Gasteiger partial charge in [-0.05, 0) is 86.2 Å². The van der Waals surface area contributed by atoms with Crippen molar-refractivity contribution in [1.82, 2.24) is 14.9 Å². The topological polar surface area (TPSA) is 90.6 Å². The lowest BCUT2D eigenvalue weighted by Crippen LogP contribution is -2.29. The number of thiocarbonyl (C=S) groups is 1. The van der Waals surface area contributed by atoms with Crippen LogP contribution in [-0.2, 0) is 0 Å². The molecule has 1 aliphatic heterocycles. The van der Waals surface area contributed by atoms with Crippen LogP contribution in [0.15, 0.2) is 79.0 Å². The van der Waals surface area contributed by atoms with E-state index in [9.17, 15) is 15.0 Å². The number of rotatable bonds is 5. The highest BCUT2D eigenvalue weighted by Crippen LogP contribution is 2.44. The van der Waals surface area contributed by atoms with E-state index in [1.807, 2.05) is 65.8 Å². The number of carboxylic acids is 1. The van der Waals surface area contributed by atoms with Crippen LogP contribution in [-0.4, -0.2) is 30.8 Å². The van der Waals surface area contributed by atoms with Crippen molar-refractivity contribution in [1.29, 1.82) is 0 Å². The minimum absolute atomic E-state index is 0.174. The van der Waals surface area contributed by atoms with Gasteiger partial charge < -0.3 is 25.0 Å². The van der Waals surface area contributed by atoms with Gasteiger partial charge in [0.05, 0.1) is 29.0 Å². The van der Waals surface area contributed by atoms with Crippen LogP contribution in [0.3, 0.4) is 0 Å². The number of aromatic hydroxyl groups is 1. The number of hydrogen-bond donors (Lipinski definition) is 3. The van der Waals surface area contributed by atoms with E-state index in [4.69, 9.17) is 12.2 Å². The van der Waals surface area contributed by atoms with Crippen molar-refractivity contribution in [2.45, 2.75) is 25.9 Å². The van der Waals surface area contributed by atoms with Crippen LogP contribution < -0.4 is 10.2 Å². The number of para-hydroxylation sites is 1. The maximum absolute atomic E-state index is 11.9. The minimum atomic E-state index is -0.976. The highest BCUT2D eigenvalue weighted by atomic mass is 32.1. The van der Waals surface area contributed by atoms with Gasteiger partial charge in [-0.25, -0.2) is 4.79 Å². The van der Waals surface area contributed by atoms with E-state index in [2.05, 4.69) is 16.4 Å². The number of aromatic carboxylic acids is 1. The second-order valence-electron chi connectivity index (χ2n) is 8.50. The van der Waals surface area contributed by atoms with E-state index in [-0.39, 0.29) is 23.4 Å². The molecular weight excluding hydrogens is 460 g/mol. The number of anilines is 1. The number of carbonyl (C=O) groups is 1. The molecule has 4 aromatic rings. The summed E-state index contributed by atoms with van der Waals surface area (Å²) >= 11 is 5.78. The van der Waals surface area contributed by atoms with Gasteiger partial charge in [0, 0.05) is 23.3 Å². The molecule has 2 atom stereocenters. The maximum Gasteiger partial charge on any atom is 0.337 e. The fourth-order valence-corrected chi connectivity index (χ4v) is 5.22. The Morgan fingerprint density at radius 1 is 1.03 bits per heavy atom. The summed E-state index contributed by atoms with van der Waals surface area (Å²) in [4.78, 5) is 18.6. The lowest BCUT2D eigenvalue weighted by molar-refractivity contribution is 0.0697. The molecule has 5 rings (SSSR count). The summed E-state index contributed by atoms with van der Waals surface area (Å²) in [7, 11) is 0. The number of aromatic nitrogens is 2. The van der Waals surface area contributed by atoms with Gasteiger partial charge in [-0.1, -0.05) is 18.2 Å². The van der Waals surface area contributed by atoms with Gasteiger partial charge in [0.25, 0.3) is 0 Å². The highest BCUT2D eigenvalue weighted by Gasteiger charge is 2.42. The molecule has 0 saturated carbocycles. The molecule has 0 spiro atoms. The van der Waals surface area contributed by atoms with Crippen molar-refractivity contribution in [3.63, 3.8) is 0 Å². The van der Waals surface area contributed by atoms with E-state index < -0.39 is 5.97 Å². The van der Waals surface area contributed by atoms with Gasteiger partial charge >= 0.3 is 5.97 Å². The van der Waals surface area contributed by atoms with Crippen LogP contribution in [0, 0.1) is 13.8 Å². The lowest BCUT2D eigenvalue weighted by Gasteiger charge is -2.28. The molecular formula is C27H24N4O3S. The van der Waals surface area contributed by atoms with Crippen LogP contribution >= 0.6 is 12.2 Å². The number of aryl methyl sites for hydroxylation is 1. The van der Waals surface area contributed by atoms with Crippen LogP contribution in [0.2, 0.25) is 0 Å². The standard InChI is InChI=1S/C27H24N4O3S/c1-16-15-21(17(2)30(16)23-9-4-3-7-20(23)26(33)34)25-24(22-8-5-6-14-28-22)29-27(35)31(25)18-10-12-19(32)13-11-18/h3-15,24-25,32H,1-2H3,(H,29,35)(H,33,34)/t24-,25+/m1/s1. The fraction of sp³-hybridized carbons (Fsp3) is 0.148. The molecule has 176 valence electrons. The third-order valence-corrected chi connectivity index (χ3v) is 6.70. The summed E-state index contributed by atoms with van der Waals surface area (Å²) < 4.78 is 1.98. The second-order valence-corrected chi connectivity index (χ2v) is 8.88. The molecule has 7 nitrogen and oxygen atoms in total. The molecule has 2 aromatic carbocycles. The highest BCUT2D eigenvalue weighted by molar-refractivity contribution is 7.80. The summed E-state index contributed by atoms with van der Waals surface area (Å²) in [5.74, 6) is -0.802. The Balaban J connectivity index is 1.70. The lowest BCUT2D eigenvalue weighted by atomic mass is 9.96. The Morgan fingerprint density at radius 3 is 2.43 bits per heavy atom. The fourth-order valence-electron chi connectivity index (χ4n) is 4.87. The largest absolute Gasteiger partial charge is 0.508 e. The predicted molar refractivity (Wildman–Crippen MR) is 138 cm³/mol. The van der Waals surface area contributed by atoms with Crippen LogP contribution in [0.1, 0.15) is 45.1 Å². The summed E-state index contributed by atoms with van der Waals surface area (Å²) in [6.45, 7) is 3.96. The molecule has 1 aliphatic rings. The Labute approximate surface area is 208 Å². The van der Waals surface area contributed by atoms with Crippen LogP contribution in [0.5, 0.6) is 5.75 Å². The first-order valence-corrected chi connectivity index (χ1v) is 11.6. The van der Waals surface area contributed by atoms with E-state index >= 15 is 0 Å². The molecule has 8 heteroatoms. The maximum atomic E-state index is 11.9. The van der Waals surface area contributed by atoms with E-state index in [1.54, 1.807) is 30.5 Å². The molecule has 0 unspecified atom stereocenters. The SMILES string of the molecule is Cc1cc([C@H]2[C@@H](c3ccccn3)NC(=S)N2c2ccc(O)cc2)c(C)n1-c1ccccc1C(=O)O. The Hall–Kier alpha value is -4.17. The van der Waals surface area contributed by atoms with Gasteiger partial charge in [0.2, 0.25) is 0 Å². The van der Waals surface area contributed by atoms with Crippen molar-refractivity contribution in [3.05, 3.63) is 107 Å². The average Bonchev–Trinajstić information content (AvgIpc) is 3.35. The molecule has 0 bridgehead atoms. The molecule has 0 radical (unpaired) electrons. The summed E-state index contributed by atoms with van der Waals surface area (Å²) in [6.07, 6.45) is 1.76. The van der Waals surface area contributed by atoms with Crippen molar-refractivity contribution < 1.29 is 15.0 Å². The molecule has 1 fully saturated rings. The Morgan fingerprint density at radius 2 is 1.74 bits per heavy atom. The van der Waals surface area contributed by atoms with E-state index in [1.165, 1.54) is 0 Å². The first-order chi connectivity index (χ1) is 16.9. The normalized spacial score (nSPS) is 17.4. The zero-order valence-electron chi connectivity index (χ0n) is 19.2. The second kappa shape index (κ2) is 8.88. The van der Waals surface area contributed by atoms with Crippen molar-refractivity contribution in [2.24, 2.45) is 0 Å². The van der Waals surface area contributed by atoms with E-state index in [0.717, 1.165) is 28.3 Å². The van der Waals surface area contributed by atoms with Crippen LogP contribution in [0.25, 0.3) is 5.69 Å². The third kappa shape index (κ3) is 3.91.